The average Bonchev–Trinajstić information content (AvgIpc) is 2.80. The van der Waals surface area contributed by atoms with Crippen LogP contribution in [0, 0.1) is 34.5 Å². The highest BCUT2D eigenvalue weighted by molar-refractivity contribution is 5.91. The van der Waals surface area contributed by atoms with E-state index < -0.39 is 0 Å². The average molecular weight is 312 g/mol. The molecule has 23 heavy (non-hydrogen) atoms. The molecule has 3 fully saturated rings. The van der Waals surface area contributed by atoms with Gasteiger partial charge in [-0.1, -0.05) is 31.6 Å². The second-order valence-corrected chi connectivity index (χ2v) is 9.41. The quantitative estimate of drug-likeness (QED) is 0.567. The van der Waals surface area contributed by atoms with Crippen molar-refractivity contribution in [3.05, 3.63) is 23.8 Å². The molecular weight excluding hydrogens is 280 g/mol. The van der Waals surface area contributed by atoms with Crippen LogP contribution < -0.4 is 0 Å². The van der Waals surface area contributed by atoms with Gasteiger partial charge in [0.25, 0.3) is 0 Å². The van der Waals surface area contributed by atoms with Gasteiger partial charge in [-0.2, -0.15) is 0 Å². The molecule has 0 N–H and O–H groups in total. The van der Waals surface area contributed by atoms with Crippen molar-refractivity contribution >= 4 is 5.78 Å². The first-order chi connectivity index (χ1) is 10.9. The molecule has 0 saturated heterocycles. The third kappa shape index (κ3) is 2.01. The molecule has 3 saturated carbocycles. The van der Waals surface area contributed by atoms with Crippen LogP contribution in [0.5, 0.6) is 0 Å². The summed E-state index contributed by atoms with van der Waals surface area (Å²) in [7, 11) is 0. The number of carbonyl (C=O) groups excluding carboxylic acids is 1. The van der Waals surface area contributed by atoms with E-state index in [1.165, 1.54) is 49.7 Å². The summed E-state index contributed by atoms with van der Waals surface area (Å²) in [6.45, 7) is 11.7. The van der Waals surface area contributed by atoms with Gasteiger partial charge in [0.2, 0.25) is 0 Å². The van der Waals surface area contributed by atoms with E-state index in [0.717, 1.165) is 36.5 Å². The van der Waals surface area contributed by atoms with Crippen molar-refractivity contribution in [2.45, 2.75) is 72.1 Å². The second kappa shape index (κ2) is 5.07. The minimum atomic E-state index is 0.335. The Morgan fingerprint density at radius 2 is 1.87 bits per heavy atom. The van der Waals surface area contributed by atoms with E-state index in [0.29, 0.717) is 16.6 Å². The molecular formula is C22H32O. The maximum absolute atomic E-state index is 11.8. The van der Waals surface area contributed by atoms with Crippen molar-refractivity contribution in [2.24, 2.45) is 34.5 Å². The zero-order valence-corrected chi connectivity index (χ0v) is 15.2. The Morgan fingerprint density at radius 1 is 1.09 bits per heavy atom. The molecule has 0 aromatic rings. The highest BCUT2D eigenvalue weighted by Gasteiger charge is 2.60. The van der Waals surface area contributed by atoms with Crippen LogP contribution in [0.15, 0.2) is 23.8 Å². The Morgan fingerprint density at radius 3 is 2.61 bits per heavy atom. The van der Waals surface area contributed by atoms with Crippen molar-refractivity contribution in [3.63, 3.8) is 0 Å². The van der Waals surface area contributed by atoms with Gasteiger partial charge in [0, 0.05) is 6.42 Å². The number of rotatable bonds is 1. The predicted molar refractivity (Wildman–Crippen MR) is 95.0 cm³/mol. The Balaban J connectivity index is 1.65. The first-order valence-electron chi connectivity index (χ1n) is 9.76. The standard InChI is InChI=1S/C22H32O/c1-14(2)21(3)12-10-20-19-7-5-15-13-16(23)6-8-17(15)18(19)9-11-22(20,21)4/h13,17-20H,1,5-12H2,2-4H3/t17?,18?,19?,20-,21+,22-/m0/s1. The molecule has 126 valence electrons. The van der Waals surface area contributed by atoms with Gasteiger partial charge in [0.1, 0.15) is 0 Å². The van der Waals surface area contributed by atoms with Crippen LogP contribution in [-0.4, -0.2) is 5.78 Å². The lowest BCUT2D eigenvalue weighted by Crippen LogP contribution is -2.49. The summed E-state index contributed by atoms with van der Waals surface area (Å²) in [5.41, 5.74) is 3.69. The van der Waals surface area contributed by atoms with Crippen molar-refractivity contribution in [1.29, 1.82) is 0 Å². The van der Waals surface area contributed by atoms with Gasteiger partial charge in [-0.25, -0.2) is 0 Å². The minimum Gasteiger partial charge on any atom is -0.295 e. The molecule has 4 aliphatic carbocycles. The van der Waals surface area contributed by atoms with Gasteiger partial charge in [0.05, 0.1) is 0 Å². The fourth-order valence-electron chi connectivity index (χ4n) is 7.15. The summed E-state index contributed by atoms with van der Waals surface area (Å²) < 4.78 is 0. The minimum absolute atomic E-state index is 0.335. The van der Waals surface area contributed by atoms with Crippen LogP contribution in [0.1, 0.15) is 72.1 Å². The lowest BCUT2D eigenvalue weighted by atomic mass is 9.48. The largest absolute Gasteiger partial charge is 0.295 e. The molecule has 0 aromatic carbocycles. The Labute approximate surface area is 141 Å². The summed E-state index contributed by atoms with van der Waals surface area (Å²) in [6.07, 6.45) is 11.9. The smallest absolute Gasteiger partial charge is 0.155 e. The molecule has 0 spiro atoms. The van der Waals surface area contributed by atoms with Gasteiger partial charge in [0.15, 0.2) is 5.78 Å². The molecule has 0 amide bonds. The topological polar surface area (TPSA) is 17.1 Å². The van der Waals surface area contributed by atoms with Crippen molar-refractivity contribution < 1.29 is 4.79 Å². The number of fused-ring (bicyclic) bond motifs is 5. The predicted octanol–water partition coefficient (Wildman–Crippen LogP) is 5.71. The molecule has 1 nitrogen and oxygen atoms in total. The second-order valence-electron chi connectivity index (χ2n) is 9.41. The molecule has 6 atom stereocenters. The Kier molecular flexibility index (Phi) is 3.45. The molecule has 0 radical (unpaired) electrons. The third-order valence-corrected chi connectivity index (χ3v) is 8.85. The van der Waals surface area contributed by atoms with Gasteiger partial charge in [-0.05, 0) is 92.4 Å². The normalized spacial score (nSPS) is 49.0. The number of hydrogen-bond donors (Lipinski definition) is 0. The van der Waals surface area contributed by atoms with Crippen LogP contribution in [0.25, 0.3) is 0 Å². The van der Waals surface area contributed by atoms with Crippen molar-refractivity contribution in [2.75, 3.05) is 0 Å². The van der Waals surface area contributed by atoms with Crippen molar-refractivity contribution in [3.8, 4) is 0 Å². The first kappa shape index (κ1) is 15.7. The molecule has 4 rings (SSSR count). The lowest BCUT2D eigenvalue weighted by molar-refractivity contribution is -0.116. The van der Waals surface area contributed by atoms with Crippen LogP contribution in [0.2, 0.25) is 0 Å². The Bertz CT molecular complexity index is 585. The highest BCUT2D eigenvalue weighted by Crippen LogP contribution is 2.69. The summed E-state index contributed by atoms with van der Waals surface area (Å²) in [5.74, 6) is 3.74. The van der Waals surface area contributed by atoms with Gasteiger partial charge in [-0.15, -0.1) is 0 Å². The summed E-state index contributed by atoms with van der Waals surface area (Å²) in [6, 6.07) is 0. The van der Waals surface area contributed by atoms with E-state index >= 15 is 0 Å². The van der Waals surface area contributed by atoms with Crippen molar-refractivity contribution in [1.82, 2.24) is 0 Å². The molecule has 0 heterocycles. The fourth-order valence-corrected chi connectivity index (χ4v) is 7.15. The maximum Gasteiger partial charge on any atom is 0.155 e. The summed E-state index contributed by atoms with van der Waals surface area (Å²) >= 11 is 0. The fraction of sp³-hybridized carbons (Fsp3) is 0.773. The molecule has 0 aliphatic heterocycles. The van der Waals surface area contributed by atoms with E-state index in [-0.39, 0.29) is 0 Å². The van der Waals surface area contributed by atoms with E-state index in [2.05, 4.69) is 27.4 Å². The SMILES string of the molecule is C=C(C)[C@@]1(C)CC[C@H]2C3CCC4=CC(=O)CCC4C3CC[C@@]21C. The van der Waals surface area contributed by atoms with Crippen LogP contribution in [0.4, 0.5) is 0 Å². The van der Waals surface area contributed by atoms with Crippen LogP contribution in [-0.2, 0) is 4.79 Å². The van der Waals surface area contributed by atoms with E-state index in [1.807, 2.05) is 6.08 Å². The highest BCUT2D eigenvalue weighted by atomic mass is 16.1. The number of allylic oxidation sites excluding steroid dienone is 2. The van der Waals surface area contributed by atoms with E-state index in [1.54, 1.807) is 0 Å². The molecule has 0 aromatic heterocycles. The number of hydrogen-bond acceptors (Lipinski definition) is 1. The molecule has 1 heteroatoms. The molecule has 4 aliphatic rings. The van der Waals surface area contributed by atoms with Crippen LogP contribution >= 0.6 is 0 Å². The van der Waals surface area contributed by atoms with Gasteiger partial charge >= 0.3 is 0 Å². The number of ketones is 1. The number of carbonyl (C=O) groups is 1. The molecule has 3 unspecified atom stereocenters. The van der Waals surface area contributed by atoms with E-state index in [4.69, 9.17) is 0 Å². The first-order valence-corrected chi connectivity index (χ1v) is 9.76. The summed E-state index contributed by atoms with van der Waals surface area (Å²) in [5, 5.41) is 0. The van der Waals surface area contributed by atoms with E-state index in [9.17, 15) is 4.79 Å². The molecule has 0 bridgehead atoms. The Hall–Kier alpha value is -0.850. The monoisotopic (exact) mass is 312 g/mol. The maximum atomic E-state index is 11.8. The van der Waals surface area contributed by atoms with Gasteiger partial charge < -0.3 is 0 Å². The third-order valence-electron chi connectivity index (χ3n) is 8.85. The lowest BCUT2D eigenvalue weighted by Gasteiger charge is -2.56. The zero-order chi connectivity index (χ0) is 16.4. The van der Waals surface area contributed by atoms with Gasteiger partial charge in [-0.3, -0.25) is 4.79 Å². The zero-order valence-electron chi connectivity index (χ0n) is 15.2. The summed E-state index contributed by atoms with van der Waals surface area (Å²) in [4.78, 5) is 11.8. The van der Waals surface area contributed by atoms with Crippen LogP contribution in [0.3, 0.4) is 0 Å².